The Balaban J connectivity index is 1.14. The van der Waals surface area contributed by atoms with Crippen LogP contribution in [0.25, 0.3) is 110 Å². The van der Waals surface area contributed by atoms with Crippen LogP contribution >= 0.6 is 0 Å². The minimum atomic E-state index is 0.962. The fourth-order valence-corrected chi connectivity index (χ4v) is 8.38. The molecule has 2 aromatic heterocycles. The highest BCUT2D eigenvalue weighted by Gasteiger charge is 2.16. The summed E-state index contributed by atoms with van der Waals surface area (Å²) in [5, 5.41) is 12.2. The van der Waals surface area contributed by atoms with Gasteiger partial charge in [0, 0.05) is 21.9 Å². The molecule has 0 saturated carbocycles. The Bertz CT molecular complexity index is 3270. The van der Waals surface area contributed by atoms with Crippen LogP contribution < -0.4 is 0 Å². The molecule has 9 aromatic carbocycles. The largest absolute Gasteiger partial charge is 0.248 e. The third kappa shape index (κ3) is 4.96. The van der Waals surface area contributed by atoms with Gasteiger partial charge in [-0.15, -0.1) is 0 Å². The van der Waals surface area contributed by atoms with Gasteiger partial charge in [0.25, 0.3) is 0 Å². The molecule has 11 aromatic rings. The highest BCUT2D eigenvalue weighted by atomic mass is 14.7. The van der Waals surface area contributed by atoms with E-state index in [4.69, 9.17) is 9.97 Å². The predicted octanol–water partition coefficient (Wildman–Crippen LogP) is 14.1. The second-order valence-corrected chi connectivity index (χ2v) is 14.1. The minimum absolute atomic E-state index is 0.962. The average Bonchev–Trinajstić information content (AvgIpc) is 3.25. The number of fused-ring (bicyclic) bond motifs is 8. The lowest BCUT2D eigenvalue weighted by molar-refractivity contribution is 1.39. The molecule has 0 unspecified atom stereocenters. The Hall–Kier alpha value is -7.16. The van der Waals surface area contributed by atoms with Crippen LogP contribution in [0.2, 0.25) is 0 Å². The molecule has 0 spiro atoms. The average molecular weight is 685 g/mol. The van der Waals surface area contributed by atoms with E-state index in [9.17, 15) is 0 Å². The van der Waals surface area contributed by atoms with E-state index in [1.165, 1.54) is 54.2 Å². The smallest absolute Gasteiger partial charge is 0.0722 e. The van der Waals surface area contributed by atoms with Crippen molar-refractivity contribution in [3.8, 4) is 44.8 Å². The summed E-state index contributed by atoms with van der Waals surface area (Å²) in [6.07, 6.45) is 0. The normalized spacial score (nSPS) is 11.7. The van der Waals surface area contributed by atoms with Gasteiger partial charge < -0.3 is 0 Å². The van der Waals surface area contributed by atoms with Crippen LogP contribution in [0.5, 0.6) is 0 Å². The molecule has 0 atom stereocenters. The molecule has 54 heavy (non-hydrogen) atoms. The summed E-state index contributed by atoms with van der Waals surface area (Å²) >= 11 is 0. The lowest BCUT2D eigenvalue weighted by atomic mass is 9.90. The summed E-state index contributed by atoms with van der Waals surface area (Å²) in [5.41, 5.74) is 10.8. The van der Waals surface area contributed by atoms with Crippen LogP contribution in [0.15, 0.2) is 194 Å². The maximum Gasteiger partial charge on any atom is 0.0722 e. The summed E-state index contributed by atoms with van der Waals surface area (Å²) in [6.45, 7) is 0. The number of nitrogens with zero attached hydrogens (tertiary/aromatic N) is 2. The molecule has 0 bridgehead atoms. The Labute approximate surface area is 312 Å². The van der Waals surface area contributed by atoms with Crippen LogP contribution in [-0.2, 0) is 0 Å². The van der Waals surface area contributed by atoms with Gasteiger partial charge in [0.05, 0.1) is 22.4 Å². The number of aromatic nitrogens is 2. The van der Waals surface area contributed by atoms with Gasteiger partial charge in [-0.3, -0.25) is 0 Å². The second-order valence-electron chi connectivity index (χ2n) is 14.1. The van der Waals surface area contributed by atoms with Gasteiger partial charge in [0.1, 0.15) is 0 Å². The van der Waals surface area contributed by atoms with Gasteiger partial charge in [0.2, 0.25) is 0 Å². The zero-order chi connectivity index (χ0) is 35.6. The van der Waals surface area contributed by atoms with Crippen molar-refractivity contribution in [2.45, 2.75) is 0 Å². The summed E-state index contributed by atoms with van der Waals surface area (Å²) in [7, 11) is 0. The summed E-state index contributed by atoms with van der Waals surface area (Å²) < 4.78 is 0. The molecule has 2 nitrogen and oxygen atoms in total. The van der Waals surface area contributed by atoms with E-state index in [0.29, 0.717) is 0 Å². The van der Waals surface area contributed by atoms with E-state index in [2.05, 4.69) is 188 Å². The van der Waals surface area contributed by atoms with Crippen LogP contribution in [0.3, 0.4) is 0 Å². The zero-order valence-electron chi connectivity index (χ0n) is 29.4. The zero-order valence-corrected chi connectivity index (χ0v) is 29.4. The van der Waals surface area contributed by atoms with Crippen molar-refractivity contribution in [3.63, 3.8) is 0 Å². The Morgan fingerprint density at radius 1 is 0.241 bits per heavy atom. The molecule has 0 aliphatic heterocycles. The van der Waals surface area contributed by atoms with Crippen molar-refractivity contribution in [2.24, 2.45) is 0 Å². The first-order valence-electron chi connectivity index (χ1n) is 18.5. The first kappa shape index (κ1) is 30.5. The number of hydrogen-bond donors (Lipinski definition) is 0. The molecule has 0 saturated heterocycles. The van der Waals surface area contributed by atoms with Gasteiger partial charge in [-0.2, -0.15) is 0 Å². The monoisotopic (exact) mass is 684 g/mol. The van der Waals surface area contributed by atoms with E-state index < -0.39 is 0 Å². The summed E-state index contributed by atoms with van der Waals surface area (Å²) in [5.74, 6) is 0. The minimum Gasteiger partial charge on any atom is -0.248 e. The lowest BCUT2D eigenvalue weighted by Gasteiger charge is -2.16. The van der Waals surface area contributed by atoms with Gasteiger partial charge >= 0.3 is 0 Å². The topological polar surface area (TPSA) is 25.8 Å². The Kier molecular flexibility index (Phi) is 6.90. The summed E-state index contributed by atoms with van der Waals surface area (Å²) in [4.78, 5) is 10.4. The van der Waals surface area contributed by atoms with Crippen LogP contribution in [0.1, 0.15) is 0 Å². The van der Waals surface area contributed by atoms with Crippen molar-refractivity contribution in [1.29, 1.82) is 0 Å². The lowest BCUT2D eigenvalue weighted by Crippen LogP contribution is -1.93. The second kappa shape index (κ2) is 12.2. The van der Waals surface area contributed by atoms with Gasteiger partial charge in [0.15, 0.2) is 0 Å². The van der Waals surface area contributed by atoms with Crippen molar-refractivity contribution in [1.82, 2.24) is 9.97 Å². The molecule has 0 fully saturated rings. The van der Waals surface area contributed by atoms with E-state index in [1.807, 2.05) is 6.07 Å². The number of rotatable bonds is 4. The van der Waals surface area contributed by atoms with E-state index in [1.54, 1.807) is 0 Å². The molecule has 0 aliphatic carbocycles. The van der Waals surface area contributed by atoms with Crippen molar-refractivity contribution >= 4 is 64.9 Å². The van der Waals surface area contributed by atoms with E-state index in [0.717, 1.165) is 55.4 Å². The fourth-order valence-electron chi connectivity index (χ4n) is 8.38. The summed E-state index contributed by atoms with van der Waals surface area (Å²) in [6, 6.07) is 69.9. The molecule has 0 amide bonds. The van der Waals surface area contributed by atoms with Crippen LogP contribution in [-0.4, -0.2) is 9.97 Å². The molecular formula is C52H32N2. The molecule has 0 radical (unpaired) electrons. The molecule has 0 aliphatic rings. The van der Waals surface area contributed by atoms with Gasteiger partial charge in [-0.1, -0.05) is 152 Å². The van der Waals surface area contributed by atoms with Crippen LogP contribution in [0.4, 0.5) is 0 Å². The quantitative estimate of drug-likeness (QED) is 0.172. The molecule has 11 rings (SSSR count). The number of para-hydroxylation sites is 1. The third-order valence-corrected chi connectivity index (χ3v) is 11.0. The molecule has 2 heteroatoms. The third-order valence-electron chi connectivity index (χ3n) is 11.0. The number of benzene rings is 9. The highest BCUT2D eigenvalue weighted by Crippen LogP contribution is 2.41. The number of hydrogen-bond acceptors (Lipinski definition) is 2. The van der Waals surface area contributed by atoms with Crippen molar-refractivity contribution < 1.29 is 0 Å². The highest BCUT2D eigenvalue weighted by molar-refractivity contribution is 6.16. The standard InChI is InChI=1S/C52H32N2/c1-4-14-39-36(12-1)29-45(43-18-8-6-16-41(39)43)38-26-28-51-48(31-38)46(33-21-23-35(24-22-33)50-27-25-34-11-3-10-20-49(34)53-50)32-52(54-51)47-30-37-13-2-5-15-40(37)42-17-7-9-19-44(42)47/h1-32H. The van der Waals surface area contributed by atoms with Crippen LogP contribution in [0, 0.1) is 0 Å². The van der Waals surface area contributed by atoms with Crippen molar-refractivity contribution in [2.75, 3.05) is 0 Å². The molecule has 250 valence electrons. The molecule has 0 N–H and O–H groups in total. The Morgan fingerprint density at radius 2 is 0.741 bits per heavy atom. The number of pyridine rings is 2. The van der Waals surface area contributed by atoms with Crippen molar-refractivity contribution in [3.05, 3.63) is 194 Å². The maximum atomic E-state index is 5.42. The first-order valence-corrected chi connectivity index (χ1v) is 18.5. The SMILES string of the molecule is c1ccc2nc(-c3ccc(-c4cc(-c5cc6ccccc6c6ccccc56)nc5ccc(-c6cc7ccccc7c7ccccc67)cc45)cc3)ccc2c1. The van der Waals surface area contributed by atoms with E-state index in [-0.39, 0.29) is 0 Å². The maximum absolute atomic E-state index is 5.42. The fraction of sp³-hybridized carbons (Fsp3) is 0. The van der Waals surface area contributed by atoms with Gasteiger partial charge in [-0.25, -0.2) is 9.97 Å². The predicted molar refractivity (Wildman–Crippen MR) is 229 cm³/mol. The molecule has 2 heterocycles. The Morgan fingerprint density at radius 3 is 1.44 bits per heavy atom. The van der Waals surface area contributed by atoms with E-state index >= 15 is 0 Å². The molecular weight excluding hydrogens is 653 g/mol. The first-order chi connectivity index (χ1) is 26.7. The van der Waals surface area contributed by atoms with Gasteiger partial charge in [-0.05, 0) is 108 Å².